The van der Waals surface area contributed by atoms with E-state index in [0.29, 0.717) is 17.8 Å². The van der Waals surface area contributed by atoms with Gasteiger partial charge in [-0.15, -0.1) is 0 Å². The topological polar surface area (TPSA) is 50.4 Å². The molecule has 37 heavy (non-hydrogen) atoms. The number of aromatic amines is 1. The number of fused-ring (bicyclic) bond motifs is 1. The van der Waals surface area contributed by atoms with Crippen LogP contribution >= 0.6 is 11.8 Å². The molecule has 6 heteroatoms. The quantitative estimate of drug-likeness (QED) is 0.214. The van der Waals surface area contributed by atoms with Gasteiger partial charge in [-0.2, -0.15) is 0 Å². The van der Waals surface area contributed by atoms with Gasteiger partial charge in [0.05, 0.1) is 11.0 Å². The molecule has 1 N–H and O–H groups in total. The molecular formula is C31H35N3O2S. The summed E-state index contributed by atoms with van der Waals surface area (Å²) in [7, 11) is 0. The second-order valence-corrected chi connectivity index (χ2v) is 11.3. The van der Waals surface area contributed by atoms with Gasteiger partial charge in [0, 0.05) is 11.8 Å². The van der Waals surface area contributed by atoms with Crippen molar-refractivity contribution in [3.63, 3.8) is 0 Å². The fourth-order valence-electron chi connectivity index (χ4n) is 5.02. The lowest BCUT2D eigenvalue weighted by Gasteiger charge is -2.26. The molecule has 2 fully saturated rings. The number of aromatic nitrogens is 2. The molecule has 0 bridgehead atoms. The van der Waals surface area contributed by atoms with Gasteiger partial charge in [0.25, 0.3) is 0 Å². The summed E-state index contributed by atoms with van der Waals surface area (Å²) in [4.78, 5) is 10.8. The summed E-state index contributed by atoms with van der Waals surface area (Å²) in [5.41, 5.74) is 4.61. The highest BCUT2D eigenvalue weighted by Gasteiger charge is 2.33. The summed E-state index contributed by atoms with van der Waals surface area (Å²) in [5.74, 6) is 2.54. The molecule has 1 aliphatic heterocycles. The minimum absolute atomic E-state index is 0.414. The Morgan fingerprint density at radius 2 is 1.59 bits per heavy atom. The maximum atomic E-state index is 6.09. The zero-order valence-corrected chi connectivity index (χ0v) is 22.1. The van der Waals surface area contributed by atoms with Gasteiger partial charge in [-0.3, -0.25) is 4.90 Å². The molecule has 3 aromatic carbocycles. The maximum Gasteiger partial charge on any atom is 0.166 e. The van der Waals surface area contributed by atoms with Gasteiger partial charge >= 0.3 is 0 Å². The molecule has 0 radical (unpaired) electrons. The Hall–Kier alpha value is -2.96. The maximum absolute atomic E-state index is 6.09. The third-order valence-corrected chi connectivity index (χ3v) is 8.65. The molecule has 1 aliphatic carbocycles. The van der Waals surface area contributed by atoms with Gasteiger partial charge < -0.3 is 14.5 Å². The number of piperidine rings is 1. The largest absolute Gasteiger partial charge is 0.492 e. The van der Waals surface area contributed by atoms with Gasteiger partial charge in [-0.25, -0.2) is 4.98 Å². The Morgan fingerprint density at radius 1 is 0.865 bits per heavy atom. The van der Waals surface area contributed by atoms with Crippen LogP contribution in [0.3, 0.4) is 0 Å². The van der Waals surface area contributed by atoms with Crippen LogP contribution in [-0.2, 0) is 6.61 Å². The second-order valence-electron chi connectivity index (χ2n) is 10.2. The van der Waals surface area contributed by atoms with Crippen LogP contribution in [0.15, 0.2) is 78.0 Å². The van der Waals surface area contributed by atoms with Crippen molar-refractivity contribution in [1.82, 2.24) is 14.9 Å². The molecule has 1 saturated heterocycles. The van der Waals surface area contributed by atoms with Crippen LogP contribution in [0.5, 0.6) is 11.5 Å². The molecule has 5 nitrogen and oxygen atoms in total. The van der Waals surface area contributed by atoms with E-state index >= 15 is 0 Å². The normalized spacial score (nSPS) is 17.1. The molecule has 2 aliphatic rings. The number of ether oxygens (including phenoxy) is 2. The van der Waals surface area contributed by atoms with E-state index in [-0.39, 0.29) is 0 Å². The van der Waals surface area contributed by atoms with Crippen molar-refractivity contribution < 1.29 is 9.47 Å². The highest BCUT2D eigenvalue weighted by molar-refractivity contribution is 7.99. The lowest BCUT2D eigenvalue weighted by molar-refractivity contribution is 0.183. The van der Waals surface area contributed by atoms with Gasteiger partial charge in [0.2, 0.25) is 0 Å². The van der Waals surface area contributed by atoms with Crippen molar-refractivity contribution >= 4 is 22.8 Å². The molecule has 1 aromatic heterocycles. The number of H-pyrrole nitrogens is 1. The lowest BCUT2D eigenvalue weighted by atomic mass is 10.1. The standard InChI is InChI=1S/C31H35N3O2S/c1-4-18-34(19-5-1)20-21-35-26-14-8-23(9-15-26)22-36-27-16-12-25(13-17-27)30(24-10-11-24)37-31-32-28-6-2-3-7-29(28)33-31/h2-3,6-9,12-17,24,30H,1,4-5,10-11,18-22H2,(H,32,33). The molecule has 6 rings (SSSR count). The van der Waals surface area contributed by atoms with Gasteiger partial charge in [0.15, 0.2) is 5.16 Å². The van der Waals surface area contributed by atoms with E-state index in [2.05, 4.69) is 58.4 Å². The van der Waals surface area contributed by atoms with Crippen molar-refractivity contribution in [2.45, 2.75) is 49.1 Å². The molecule has 0 amide bonds. The number of nitrogens with one attached hydrogen (secondary N) is 1. The van der Waals surface area contributed by atoms with Gasteiger partial charge in [-0.1, -0.05) is 54.6 Å². The molecule has 1 saturated carbocycles. The predicted molar refractivity (Wildman–Crippen MR) is 150 cm³/mol. The summed E-state index contributed by atoms with van der Waals surface area (Å²) in [6.45, 7) is 4.73. The smallest absolute Gasteiger partial charge is 0.166 e. The number of rotatable bonds is 11. The summed E-state index contributed by atoms with van der Waals surface area (Å²) >= 11 is 1.85. The SMILES string of the molecule is c1ccc2[nH]c(SC(c3ccc(OCc4ccc(OCCN5CCCCC5)cc4)cc3)C3CC3)nc2c1. The van der Waals surface area contributed by atoms with E-state index < -0.39 is 0 Å². The van der Waals surface area contributed by atoms with Crippen LogP contribution in [0.2, 0.25) is 0 Å². The predicted octanol–water partition coefficient (Wildman–Crippen LogP) is 7.25. The van der Waals surface area contributed by atoms with Crippen LogP contribution in [0.4, 0.5) is 0 Å². The molecule has 192 valence electrons. The first-order valence-electron chi connectivity index (χ1n) is 13.6. The Morgan fingerprint density at radius 3 is 2.35 bits per heavy atom. The highest BCUT2D eigenvalue weighted by atomic mass is 32.2. The van der Waals surface area contributed by atoms with Crippen LogP contribution in [0.1, 0.15) is 48.5 Å². The number of likely N-dealkylation sites (tertiary alicyclic amines) is 1. The fourth-order valence-corrected chi connectivity index (χ4v) is 6.34. The van der Waals surface area contributed by atoms with Crippen molar-refractivity contribution in [2.24, 2.45) is 5.92 Å². The van der Waals surface area contributed by atoms with Crippen LogP contribution < -0.4 is 9.47 Å². The van der Waals surface area contributed by atoms with Crippen molar-refractivity contribution in [2.75, 3.05) is 26.2 Å². The lowest BCUT2D eigenvalue weighted by Crippen LogP contribution is -2.33. The number of imidazole rings is 1. The number of hydrogen-bond donors (Lipinski definition) is 1. The molecular weight excluding hydrogens is 478 g/mol. The van der Waals surface area contributed by atoms with E-state index in [9.17, 15) is 0 Å². The Kier molecular flexibility index (Phi) is 7.65. The van der Waals surface area contributed by atoms with Crippen molar-refractivity contribution in [1.29, 1.82) is 0 Å². The molecule has 0 spiro atoms. The van der Waals surface area contributed by atoms with Crippen LogP contribution in [-0.4, -0.2) is 41.1 Å². The number of benzene rings is 3. The van der Waals surface area contributed by atoms with E-state index in [0.717, 1.165) is 46.4 Å². The minimum Gasteiger partial charge on any atom is -0.492 e. The fraction of sp³-hybridized carbons (Fsp3) is 0.387. The third kappa shape index (κ3) is 6.49. The zero-order chi connectivity index (χ0) is 24.9. The minimum atomic E-state index is 0.414. The van der Waals surface area contributed by atoms with Crippen molar-refractivity contribution in [3.05, 3.63) is 83.9 Å². The summed E-state index contributed by atoms with van der Waals surface area (Å²) in [6, 6.07) is 25.1. The first-order chi connectivity index (χ1) is 18.3. The number of nitrogens with zero attached hydrogens (tertiary/aromatic N) is 2. The highest BCUT2D eigenvalue weighted by Crippen LogP contribution is 2.51. The second kappa shape index (κ2) is 11.6. The van der Waals surface area contributed by atoms with E-state index in [1.807, 2.05) is 36.0 Å². The average molecular weight is 514 g/mol. The van der Waals surface area contributed by atoms with Crippen molar-refractivity contribution in [3.8, 4) is 11.5 Å². The Balaban J connectivity index is 1.00. The molecule has 1 unspecified atom stereocenters. The molecule has 2 heterocycles. The number of thioether (sulfide) groups is 1. The van der Waals surface area contributed by atoms with E-state index in [1.54, 1.807) is 0 Å². The Labute approximate surface area is 223 Å². The van der Waals surface area contributed by atoms with E-state index in [1.165, 1.54) is 50.8 Å². The average Bonchev–Trinajstić information content (AvgIpc) is 3.71. The number of hydrogen-bond acceptors (Lipinski definition) is 5. The first kappa shape index (κ1) is 24.4. The van der Waals surface area contributed by atoms with E-state index in [4.69, 9.17) is 14.5 Å². The Bertz CT molecular complexity index is 1250. The van der Waals surface area contributed by atoms with Crippen LogP contribution in [0, 0.1) is 5.92 Å². The first-order valence-corrected chi connectivity index (χ1v) is 14.5. The molecule has 1 atom stereocenters. The molecule has 4 aromatic rings. The summed E-state index contributed by atoms with van der Waals surface area (Å²) in [6.07, 6.45) is 6.58. The summed E-state index contributed by atoms with van der Waals surface area (Å²) < 4.78 is 12.0. The third-order valence-electron chi connectivity index (χ3n) is 7.32. The monoisotopic (exact) mass is 513 g/mol. The van der Waals surface area contributed by atoms with Gasteiger partial charge in [-0.05, 0) is 92.2 Å². The van der Waals surface area contributed by atoms with Gasteiger partial charge in [0.1, 0.15) is 24.7 Å². The summed E-state index contributed by atoms with van der Waals surface area (Å²) in [5, 5.41) is 1.41. The number of para-hydroxylation sites is 2. The van der Waals surface area contributed by atoms with Crippen LogP contribution in [0.25, 0.3) is 11.0 Å². The zero-order valence-electron chi connectivity index (χ0n) is 21.3.